The van der Waals surface area contributed by atoms with Gasteiger partial charge in [-0.05, 0) is 27.7 Å². The van der Waals surface area contributed by atoms with Crippen molar-refractivity contribution in [3.05, 3.63) is 0 Å². The van der Waals surface area contributed by atoms with Crippen LogP contribution in [0.15, 0.2) is 0 Å². The van der Waals surface area contributed by atoms with E-state index in [9.17, 15) is 9.59 Å². The van der Waals surface area contributed by atoms with Crippen LogP contribution in [0.4, 0.5) is 14.4 Å². The summed E-state index contributed by atoms with van der Waals surface area (Å²) in [4.78, 5) is 41.6. The molecule has 2 N–H and O–H groups in total. The monoisotopic (exact) mass is 372 g/mol. The Kier molecular flexibility index (Phi) is 16.5. The summed E-state index contributed by atoms with van der Waals surface area (Å²) in [6, 6.07) is 0. The summed E-state index contributed by atoms with van der Waals surface area (Å²) in [6.45, 7) is 7.84. The minimum absolute atomic E-state index is 0.00233. The Labute approximate surface area is 144 Å². The van der Waals surface area contributed by atoms with Gasteiger partial charge in [0.25, 0.3) is 0 Å². The Balaban J connectivity index is 0. The Morgan fingerprint density at radius 1 is 0.760 bits per heavy atom. The molecule has 0 spiro atoms. The van der Waals surface area contributed by atoms with E-state index in [2.05, 4.69) is 24.1 Å². The van der Waals surface area contributed by atoms with Crippen molar-refractivity contribution in [3.8, 4) is 0 Å². The van der Waals surface area contributed by atoms with Gasteiger partial charge in [-0.2, -0.15) is 24.6 Å². The fourth-order valence-corrected chi connectivity index (χ4v) is 0.934. The second kappa shape index (κ2) is 16.5. The first kappa shape index (κ1) is 24.9. The highest BCUT2D eigenvalue weighted by Crippen LogP contribution is 1.94. The molecular formula is C13H24O12. The first-order chi connectivity index (χ1) is 11.7. The van der Waals surface area contributed by atoms with Gasteiger partial charge in [0.1, 0.15) is 13.2 Å². The molecule has 0 radical (unpaired) electrons. The molecule has 0 rings (SSSR count). The van der Waals surface area contributed by atoms with E-state index in [-0.39, 0.29) is 38.6 Å². The molecule has 0 aromatic heterocycles. The summed E-state index contributed by atoms with van der Waals surface area (Å²) in [5.41, 5.74) is 0. The van der Waals surface area contributed by atoms with Crippen LogP contribution in [0.1, 0.15) is 27.7 Å². The Bertz CT molecular complexity index is 340. The van der Waals surface area contributed by atoms with Crippen LogP contribution < -0.4 is 0 Å². The van der Waals surface area contributed by atoms with E-state index in [0.717, 1.165) is 0 Å². The number of carbonyl (C=O) groups excluding carboxylic acids is 2. The summed E-state index contributed by atoms with van der Waals surface area (Å²) in [7, 11) is 0. The number of hydrogen-bond acceptors (Lipinski definition) is 11. The summed E-state index contributed by atoms with van der Waals surface area (Å²) in [5, 5.41) is 14.3. The highest BCUT2D eigenvalue weighted by Gasteiger charge is 2.12. The minimum atomic E-state index is -1.69. The number of ether oxygens (including phenoxy) is 4. The van der Waals surface area contributed by atoms with Gasteiger partial charge in [0.15, 0.2) is 0 Å². The lowest BCUT2D eigenvalue weighted by atomic mass is 10.5. The number of carbonyl (C=O) groups is 3. The second-order valence-electron chi connectivity index (χ2n) is 4.56. The van der Waals surface area contributed by atoms with Crippen molar-refractivity contribution in [2.75, 3.05) is 26.4 Å². The number of rotatable bonds is 8. The molecule has 0 aliphatic rings. The predicted molar refractivity (Wildman–Crippen MR) is 78.8 cm³/mol. The van der Waals surface area contributed by atoms with E-state index in [4.69, 9.17) is 24.6 Å². The normalized spacial score (nSPS) is 9.72. The molecule has 12 heteroatoms. The van der Waals surface area contributed by atoms with Crippen molar-refractivity contribution < 1.29 is 58.4 Å². The predicted octanol–water partition coefficient (Wildman–Crippen LogP) is 2.21. The van der Waals surface area contributed by atoms with E-state index in [1.54, 1.807) is 0 Å². The molecule has 0 atom stereocenters. The average molecular weight is 372 g/mol. The molecule has 0 saturated heterocycles. The Morgan fingerprint density at radius 2 is 1.08 bits per heavy atom. The van der Waals surface area contributed by atoms with Gasteiger partial charge in [0, 0.05) is 0 Å². The Hall–Kier alpha value is -2.31. The van der Waals surface area contributed by atoms with Crippen LogP contribution in [0.25, 0.3) is 0 Å². The third-order valence-electron chi connectivity index (χ3n) is 1.76. The SMILES string of the molecule is CC(C)OCCOC(=O)OOC(=O)OCCOC(C)C.O=C(O)OO. The van der Waals surface area contributed by atoms with Crippen LogP contribution in [0.3, 0.4) is 0 Å². The molecule has 148 valence electrons. The van der Waals surface area contributed by atoms with E-state index in [1.807, 2.05) is 27.7 Å². The molecule has 0 unspecified atom stereocenters. The third-order valence-corrected chi connectivity index (χ3v) is 1.76. The topological polar surface area (TPSA) is 156 Å². The summed E-state index contributed by atoms with van der Waals surface area (Å²) < 4.78 is 19.4. The van der Waals surface area contributed by atoms with Gasteiger partial charge in [-0.15, -0.1) is 0 Å². The largest absolute Gasteiger partial charge is 0.550 e. The van der Waals surface area contributed by atoms with E-state index in [0.29, 0.717) is 0 Å². The summed E-state index contributed by atoms with van der Waals surface area (Å²) in [6.07, 6.45) is -3.91. The van der Waals surface area contributed by atoms with Gasteiger partial charge < -0.3 is 24.1 Å². The van der Waals surface area contributed by atoms with Gasteiger partial charge in [-0.3, -0.25) is 4.89 Å². The Morgan fingerprint density at radius 3 is 1.32 bits per heavy atom. The quantitative estimate of drug-likeness (QED) is 0.211. The van der Waals surface area contributed by atoms with Crippen molar-refractivity contribution in [2.24, 2.45) is 0 Å². The zero-order valence-corrected chi connectivity index (χ0v) is 14.5. The van der Waals surface area contributed by atoms with Crippen LogP contribution >= 0.6 is 0 Å². The zero-order valence-electron chi connectivity index (χ0n) is 14.5. The second-order valence-corrected chi connectivity index (χ2v) is 4.56. The molecule has 0 aliphatic carbocycles. The maximum Gasteiger partial charge on any atom is 0.550 e. The highest BCUT2D eigenvalue weighted by atomic mass is 17.3. The standard InChI is InChI=1S/C12H22O8.CH2O4/c1-9(2)15-5-7-17-11(13)19-20-12(14)18-8-6-16-10(3)4;2-1(3)5-4/h9-10H,5-8H2,1-4H3;4H,(H,2,3). The molecular weight excluding hydrogens is 348 g/mol. The van der Waals surface area contributed by atoms with Crippen molar-refractivity contribution >= 4 is 18.5 Å². The number of carboxylic acid groups (broad SMARTS) is 1. The molecule has 0 saturated carbocycles. The van der Waals surface area contributed by atoms with Crippen molar-refractivity contribution in [3.63, 3.8) is 0 Å². The first-order valence-corrected chi connectivity index (χ1v) is 7.14. The lowest BCUT2D eigenvalue weighted by Gasteiger charge is -2.08. The lowest BCUT2D eigenvalue weighted by molar-refractivity contribution is -0.219. The molecule has 0 fully saturated rings. The lowest BCUT2D eigenvalue weighted by Crippen LogP contribution is -2.18. The highest BCUT2D eigenvalue weighted by molar-refractivity contribution is 5.63. The molecule has 0 aromatic carbocycles. The molecule has 0 heterocycles. The minimum Gasteiger partial charge on any atom is -0.448 e. The van der Waals surface area contributed by atoms with Crippen LogP contribution in [0.5, 0.6) is 0 Å². The molecule has 0 aliphatic heterocycles. The zero-order chi connectivity index (χ0) is 19.7. The average Bonchev–Trinajstić information content (AvgIpc) is 2.53. The molecule has 0 amide bonds. The van der Waals surface area contributed by atoms with Crippen molar-refractivity contribution in [2.45, 2.75) is 39.9 Å². The third kappa shape index (κ3) is 24.1. The van der Waals surface area contributed by atoms with Gasteiger partial charge in [-0.1, -0.05) is 0 Å². The fourth-order valence-electron chi connectivity index (χ4n) is 0.934. The summed E-state index contributed by atoms with van der Waals surface area (Å²) in [5.74, 6) is 0. The van der Waals surface area contributed by atoms with Crippen LogP contribution in [0.2, 0.25) is 0 Å². The van der Waals surface area contributed by atoms with Gasteiger partial charge in [0.2, 0.25) is 0 Å². The molecule has 12 nitrogen and oxygen atoms in total. The van der Waals surface area contributed by atoms with Crippen molar-refractivity contribution in [1.29, 1.82) is 0 Å². The maximum absolute atomic E-state index is 11.0. The van der Waals surface area contributed by atoms with E-state index < -0.39 is 18.5 Å². The molecule has 0 aromatic rings. The molecule has 25 heavy (non-hydrogen) atoms. The smallest absolute Gasteiger partial charge is 0.448 e. The van der Waals surface area contributed by atoms with Gasteiger partial charge in [0.05, 0.1) is 25.4 Å². The van der Waals surface area contributed by atoms with Gasteiger partial charge >= 0.3 is 18.5 Å². The van der Waals surface area contributed by atoms with Crippen LogP contribution in [-0.4, -0.2) is 67.5 Å². The number of hydrogen-bond donors (Lipinski definition) is 2. The molecule has 0 bridgehead atoms. The maximum atomic E-state index is 11.0. The summed E-state index contributed by atoms with van der Waals surface area (Å²) >= 11 is 0. The fraction of sp³-hybridized carbons (Fsp3) is 0.769. The van der Waals surface area contributed by atoms with Crippen LogP contribution in [-0.2, 0) is 33.6 Å². The van der Waals surface area contributed by atoms with E-state index >= 15 is 0 Å². The first-order valence-electron chi connectivity index (χ1n) is 7.14. The van der Waals surface area contributed by atoms with Crippen LogP contribution in [0, 0.1) is 0 Å². The van der Waals surface area contributed by atoms with Gasteiger partial charge in [-0.25, -0.2) is 4.79 Å². The van der Waals surface area contributed by atoms with Crippen molar-refractivity contribution in [1.82, 2.24) is 0 Å². The van der Waals surface area contributed by atoms with E-state index in [1.165, 1.54) is 0 Å².